The summed E-state index contributed by atoms with van der Waals surface area (Å²) in [6.07, 6.45) is 4.14. The van der Waals surface area contributed by atoms with Crippen LogP contribution in [0.25, 0.3) is 5.65 Å². The van der Waals surface area contributed by atoms with E-state index in [9.17, 15) is 4.79 Å². The summed E-state index contributed by atoms with van der Waals surface area (Å²) in [6.45, 7) is 1.49. The van der Waals surface area contributed by atoms with Crippen molar-refractivity contribution < 1.29 is 4.79 Å². The smallest absolute Gasteiger partial charge is 0.221 e. The van der Waals surface area contributed by atoms with Gasteiger partial charge in [-0.25, -0.2) is 9.50 Å². The molecule has 2 aromatic heterocycles. The van der Waals surface area contributed by atoms with Crippen LogP contribution < -0.4 is 5.32 Å². The largest absolute Gasteiger partial charge is 0.326 e. The molecule has 3 rings (SSSR count). The standard InChI is InChI=1S/C17H14N4O/c1-13(22)19-16-7-3-5-14(12-16)4-2-6-15-9-11-21-17(20-15)8-10-18-21/h3,5,7-12H,4H2,1H3,(H,19,22). The first-order valence-corrected chi connectivity index (χ1v) is 6.86. The number of rotatable bonds is 2. The fourth-order valence-electron chi connectivity index (χ4n) is 2.08. The molecular formula is C17H14N4O. The Labute approximate surface area is 128 Å². The van der Waals surface area contributed by atoms with Crippen molar-refractivity contribution in [3.05, 3.63) is 60.0 Å². The molecule has 0 atom stereocenters. The minimum absolute atomic E-state index is 0.0819. The van der Waals surface area contributed by atoms with Crippen molar-refractivity contribution in [1.82, 2.24) is 14.6 Å². The minimum Gasteiger partial charge on any atom is -0.326 e. The van der Waals surface area contributed by atoms with Crippen molar-refractivity contribution in [2.45, 2.75) is 13.3 Å². The van der Waals surface area contributed by atoms with Crippen LogP contribution in [0.1, 0.15) is 18.2 Å². The average molecular weight is 290 g/mol. The van der Waals surface area contributed by atoms with Crippen molar-refractivity contribution in [3.63, 3.8) is 0 Å². The Hall–Kier alpha value is -3.13. The first-order chi connectivity index (χ1) is 10.7. The number of amides is 1. The first kappa shape index (κ1) is 13.8. The van der Waals surface area contributed by atoms with E-state index in [1.807, 2.05) is 42.6 Å². The third kappa shape index (κ3) is 3.30. The second-order valence-electron chi connectivity index (χ2n) is 4.81. The van der Waals surface area contributed by atoms with E-state index in [4.69, 9.17) is 0 Å². The monoisotopic (exact) mass is 290 g/mol. The maximum Gasteiger partial charge on any atom is 0.221 e. The van der Waals surface area contributed by atoms with Gasteiger partial charge in [-0.05, 0) is 29.7 Å². The van der Waals surface area contributed by atoms with Gasteiger partial charge < -0.3 is 5.32 Å². The van der Waals surface area contributed by atoms with Crippen LogP contribution >= 0.6 is 0 Å². The van der Waals surface area contributed by atoms with Crippen molar-refractivity contribution >= 4 is 17.2 Å². The third-order valence-electron chi connectivity index (χ3n) is 3.01. The highest BCUT2D eigenvalue weighted by Gasteiger charge is 1.97. The van der Waals surface area contributed by atoms with Gasteiger partial charge in [0.15, 0.2) is 5.65 Å². The molecule has 0 bridgehead atoms. The van der Waals surface area contributed by atoms with Crippen molar-refractivity contribution in [2.75, 3.05) is 5.32 Å². The summed E-state index contributed by atoms with van der Waals surface area (Å²) < 4.78 is 1.70. The molecule has 0 aliphatic rings. The summed E-state index contributed by atoms with van der Waals surface area (Å²) >= 11 is 0. The molecular weight excluding hydrogens is 276 g/mol. The molecule has 0 unspecified atom stereocenters. The van der Waals surface area contributed by atoms with Gasteiger partial charge in [-0.2, -0.15) is 5.10 Å². The lowest BCUT2D eigenvalue weighted by Crippen LogP contribution is -2.05. The molecule has 0 aliphatic heterocycles. The number of anilines is 1. The molecule has 0 spiro atoms. The molecule has 108 valence electrons. The molecule has 0 fully saturated rings. The number of carbonyl (C=O) groups excluding carboxylic acids is 1. The SMILES string of the molecule is CC(=O)Nc1cccc(CC#Cc2ccn3nccc3n2)c1. The van der Waals surface area contributed by atoms with Crippen LogP contribution in [0.5, 0.6) is 0 Å². The maximum atomic E-state index is 11.1. The van der Waals surface area contributed by atoms with Crippen LogP contribution in [0.15, 0.2) is 48.8 Å². The normalized spacial score (nSPS) is 10.0. The number of carbonyl (C=O) groups is 1. The summed E-state index contributed by atoms with van der Waals surface area (Å²) in [5, 5.41) is 6.85. The zero-order chi connectivity index (χ0) is 15.4. The highest BCUT2D eigenvalue weighted by molar-refractivity contribution is 5.88. The maximum absolute atomic E-state index is 11.1. The Kier molecular flexibility index (Phi) is 3.84. The van der Waals surface area contributed by atoms with Crippen LogP contribution in [0.3, 0.4) is 0 Å². The number of nitrogens with one attached hydrogen (secondary N) is 1. The summed E-state index contributed by atoms with van der Waals surface area (Å²) in [6, 6.07) is 11.3. The summed E-state index contributed by atoms with van der Waals surface area (Å²) in [5.41, 5.74) is 3.32. The molecule has 0 saturated heterocycles. The fourth-order valence-corrected chi connectivity index (χ4v) is 2.08. The Morgan fingerprint density at radius 3 is 3.09 bits per heavy atom. The zero-order valence-electron chi connectivity index (χ0n) is 12.1. The molecule has 1 aromatic carbocycles. The lowest BCUT2D eigenvalue weighted by molar-refractivity contribution is -0.114. The van der Waals surface area contributed by atoms with E-state index in [1.54, 1.807) is 10.7 Å². The van der Waals surface area contributed by atoms with E-state index in [1.165, 1.54) is 6.92 Å². The second-order valence-corrected chi connectivity index (χ2v) is 4.81. The van der Waals surface area contributed by atoms with E-state index >= 15 is 0 Å². The summed E-state index contributed by atoms with van der Waals surface area (Å²) in [4.78, 5) is 15.4. The van der Waals surface area contributed by atoms with E-state index in [0.717, 1.165) is 16.9 Å². The van der Waals surface area contributed by atoms with Gasteiger partial charge in [0.1, 0.15) is 5.69 Å². The van der Waals surface area contributed by atoms with E-state index in [0.29, 0.717) is 12.1 Å². The van der Waals surface area contributed by atoms with Crippen LogP contribution in [-0.2, 0) is 11.2 Å². The van der Waals surface area contributed by atoms with Crippen molar-refractivity contribution in [2.24, 2.45) is 0 Å². The summed E-state index contributed by atoms with van der Waals surface area (Å²) in [5.74, 6) is 6.06. The van der Waals surface area contributed by atoms with E-state index in [-0.39, 0.29) is 5.91 Å². The molecule has 5 nitrogen and oxygen atoms in total. The molecule has 0 aliphatic carbocycles. The molecule has 3 aromatic rings. The summed E-state index contributed by atoms with van der Waals surface area (Å²) in [7, 11) is 0. The Morgan fingerprint density at radius 1 is 1.32 bits per heavy atom. The topological polar surface area (TPSA) is 59.3 Å². The Balaban J connectivity index is 1.73. The highest BCUT2D eigenvalue weighted by Crippen LogP contribution is 2.10. The van der Waals surface area contributed by atoms with Crippen LogP contribution in [-0.4, -0.2) is 20.5 Å². The molecule has 22 heavy (non-hydrogen) atoms. The predicted molar refractivity (Wildman–Crippen MR) is 84.3 cm³/mol. The molecule has 1 amide bonds. The molecule has 0 radical (unpaired) electrons. The molecule has 2 heterocycles. The quantitative estimate of drug-likeness (QED) is 0.737. The molecule has 1 N–H and O–H groups in total. The number of hydrogen-bond acceptors (Lipinski definition) is 3. The lowest BCUT2D eigenvalue weighted by Gasteiger charge is -2.03. The van der Waals surface area contributed by atoms with Gasteiger partial charge in [0, 0.05) is 31.3 Å². The highest BCUT2D eigenvalue weighted by atomic mass is 16.1. The lowest BCUT2D eigenvalue weighted by atomic mass is 10.1. The number of nitrogens with zero attached hydrogens (tertiary/aromatic N) is 3. The van der Waals surface area contributed by atoms with E-state index in [2.05, 4.69) is 27.2 Å². The van der Waals surface area contributed by atoms with Crippen LogP contribution in [0.2, 0.25) is 0 Å². The van der Waals surface area contributed by atoms with Gasteiger partial charge in [-0.15, -0.1) is 0 Å². The van der Waals surface area contributed by atoms with Gasteiger partial charge in [-0.1, -0.05) is 18.1 Å². The van der Waals surface area contributed by atoms with Crippen LogP contribution in [0.4, 0.5) is 5.69 Å². The van der Waals surface area contributed by atoms with Gasteiger partial charge in [-0.3, -0.25) is 4.79 Å². The van der Waals surface area contributed by atoms with E-state index < -0.39 is 0 Å². The second kappa shape index (κ2) is 6.10. The number of fused-ring (bicyclic) bond motifs is 1. The van der Waals surface area contributed by atoms with Gasteiger partial charge in [0.2, 0.25) is 5.91 Å². The Morgan fingerprint density at radius 2 is 2.23 bits per heavy atom. The van der Waals surface area contributed by atoms with Crippen molar-refractivity contribution in [1.29, 1.82) is 0 Å². The van der Waals surface area contributed by atoms with Crippen molar-refractivity contribution in [3.8, 4) is 11.8 Å². The van der Waals surface area contributed by atoms with Gasteiger partial charge in [0.25, 0.3) is 0 Å². The fraction of sp³-hybridized carbons (Fsp3) is 0.118. The predicted octanol–water partition coefficient (Wildman–Crippen LogP) is 2.28. The Bertz CT molecular complexity index is 886. The number of hydrogen-bond donors (Lipinski definition) is 1. The third-order valence-corrected chi connectivity index (χ3v) is 3.01. The van der Waals surface area contributed by atoms with Crippen LogP contribution in [0, 0.1) is 11.8 Å². The zero-order valence-corrected chi connectivity index (χ0v) is 12.1. The molecule has 5 heteroatoms. The first-order valence-electron chi connectivity index (χ1n) is 6.86. The number of benzene rings is 1. The number of aromatic nitrogens is 3. The minimum atomic E-state index is -0.0819. The average Bonchev–Trinajstić information content (AvgIpc) is 2.94. The van der Waals surface area contributed by atoms with Gasteiger partial charge in [0.05, 0.1) is 6.20 Å². The van der Waals surface area contributed by atoms with Gasteiger partial charge >= 0.3 is 0 Å². The molecule has 0 saturated carbocycles.